The Labute approximate surface area is 170 Å². The second-order valence-electron chi connectivity index (χ2n) is 7.53. The average molecular weight is 438 g/mol. The first kappa shape index (κ1) is 20.3. The lowest BCUT2D eigenvalue weighted by molar-refractivity contribution is -0.0500. The molecule has 1 heterocycles. The van der Waals surface area contributed by atoms with Gasteiger partial charge in [0.15, 0.2) is 5.78 Å². The zero-order valence-electron chi connectivity index (χ0n) is 16.1. The van der Waals surface area contributed by atoms with Crippen LogP contribution in [0.2, 0.25) is 0 Å². The van der Waals surface area contributed by atoms with Crippen LogP contribution in [0.4, 0.5) is 18.9 Å². The van der Waals surface area contributed by atoms with E-state index in [9.17, 15) is 26.4 Å². The molecule has 0 saturated heterocycles. The number of alkyl halides is 3. The molecular weight excluding hydrogens is 421 g/mol. The van der Waals surface area contributed by atoms with Crippen LogP contribution in [-0.2, 0) is 15.5 Å². The first-order valence-electron chi connectivity index (χ1n) is 8.91. The minimum atomic E-state index is -5.82. The van der Waals surface area contributed by atoms with E-state index in [0.29, 0.717) is 16.8 Å². The van der Waals surface area contributed by atoms with Crippen molar-refractivity contribution < 1.29 is 30.6 Å². The Morgan fingerprint density at radius 1 is 1.10 bits per heavy atom. The van der Waals surface area contributed by atoms with Crippen molar-refractivity contribution in [1.29, 1.82) is 0 Å². The van der Waals surface area contributed by atoms with Crippen molar-refractivity contribution in [3.63, 3.8) is 0 Å². The van der Waals surface area contributed by atoms with Crippen LogP contribution >= 0.6 is 0 Å². The van der Waals surface area contributed by atoms with Crippen LogP contribution in [0.5, 0.6) is 5.75 Å². The fourth-order valence-corrected chi connectivity index (χ4v) is 4.24. The number of rotatable bonds is 3. The zero-order chi connectivity index (χ0) is 22.1. The lowest BCUT2D eigenvalue weighted by Gasteiger charge is -2.32. The van der Waals surface area contributed by atoms with Crippen molar-refractivity contribution >= 4 is 32.5 Å². The van der Waals surface area contributed by atoms with Gasteiger partial charge in [-0.3, -0.25) is 4.79 Å². The van der Waals surface area contributed by atoms with Gasteiger partial charge in [0.25, 0.3) is 0 Å². The maximum atomic E-state index is 13.2. The van der Waals surface area contributed by atoms with Gasteiger partial charge in [-0.2, -0.15) is 21.6 Å². The number of carbonyl (C=O) groups excluding carboxylic acids is 1. The van der Waals surface area contributed by atoms with E-state index in [4.69, 9.17) is 0 Å². The smallest absolute Gasteiger partial charge is 0.388 e. The number of ketones is 1. The van der Waals surface area contributed by atoms with Gasteiger partial charge < -0.3 is 14.5 Å². The van der Waals surface area contributed by atoms with Crippen molar-refractivity contribution in [2.45, 2.75) is 24.8 Å². The fourth-order valence-electron chi connectivity index (χ4n) is 3.79. The first-order valence-corrected chi connectivity index (χ1v) is 10.3. The second kappa shape index (κ2) is 6.24. The van der Waals surface area contributed by atoms with Gasteiger partial charge in [0.2, 0.25) is 0 Å². The summed E-state index contributed by atoms with van der Waals surface area (Å²) in [6.45, 7) is 3.60. The molecule has 0 bridgehead atoms. The van der Waals surface area contributed by atoms with E-state index in [2.05, 4.69) is 14.5 Å². The zero-order valence-corrected chi connectivity index (χ0v) is 17.0. The molecule has 0 radical (unpaired) electrons. The molecule has 1 aliphatic rings. The molecule has 10 heteroatoms. The number of H-pyrrole nitrogens is 1. The van der Waals surface area contributed by atoms with Gasteiger partial charge in [0, 0.05) is 40.3 Å². The minimum absolute atomic E-state index is 0.280. The Bertz CT molecular complexity index is 1310. The number of fused-ring (bicyclic) bond motifs is 4. The summed E-state index contributed by atoms with van der Waals surface area (Å²) in [6.07, 6.45) is 0. The molecule has 0 fully saturated rings. The third-order valence-electron chi connectivity index (χ3n) is 5.34. The highest BCUT2D eigenvalue weighted by atomic mass is 32.2. The highest BCUT2D eigenvalue weighted by molar-refractivity contribution is 7.88. The van der Waals surface area contributed by atoms with E-state index in [1.807, 2.05) is 18.2 Å². The highest BCUT2D eigenvalue weighted by Crippen LogP contribution is 2.45. The molecule has 0 atom stereocenters. The van der Waals surface area contributed by atoms with Crippen LogP contribution in [0, 0.1) is 0 Å². The molecule has 158 valence electrons. The largest absolute Gasteiger partial charge is 0.534 e. The van der Waals surface area contributed by atoms with Crippen LogP contribution in [0.1, 0.15) is 41.0 Å². The van der Waals surface area contributed by atoms with Gasteiger partial charge >= 0.3 is 15.6 Å². The predicted molar refractivity (Wildman–Crippen MR) is 105 cm³/mol. The topological polar surface area (TPSA) is 88.3 Å². The third kappa shape index (κ3) is 2.85. The quantitative estimate of drug-likeness (QED) is 0.470. The Morgan fingerprint density at radius 2 is 1.80 bits per heavy atom. The lowest BCUT2D eigenvalue weighted by Crippen LogP contribution is -2.31. The minimum Gasteiger partial charge on any atom is -0.388 e. The van der Waals surface area contributed by atoms with Crippen molar-refractivity contribution in [2.24, 2.45) is 0 Å². The fraction of sp³-hybridized carbons (Fsp3) is 0.250. The molecular formula is C20H17F3N2O4S. The van der Waals surface area contributed by atoms with E-state index in [1.54, 1.807) is 20.9 Å². The van der Waals surface area contributed by atoms with Gasteiger partial charge in [-0.25, -0.2) is 0 Å². The number of hydrogen-bond acceptors (Lipinski definition) is 5. The van der Waals surface area contributed by atoms with Crippen LogP contribution in [0.15, 0.2) is 36.4 Å². The van der Waals surface area contributed by atoms with Crippen molar-refractivity contribution in [2.75, 3.05) is 12.4 Å². The molecule has 2 N–H and O–H groups in total. The van der Waals surface area contributed by atoms with E-state index in [-0.39, 0.29) is 11.3 Å². The van der Waals surface area contributed by atoms with Crippen molar-refractivity contribution in [1.82, 2.24) is 4.98 Å². The molecule has 0 unspecified atom stereocenters. The van der Waals surface area contributed by atoms with Gasteiger partial charge in [-0.15, -0.1) is 0 Å². The lowest BCUT2D eigenvalue weighted by atomic mass is 9.71. The van der Waals surface area contributed by atoms with Gasteiger partial charge in [0.1, 0.15) is 5.75 Å². The van der Waals surface area contributed by atoms with E-state index >= 15 is 0 Å². The number of hydrogen-bond donors (Lipinski definition) is 2. The van der Waals surface area contributed by atoms with Crippen LogP contribution in [-0.4, -0.2) is 31.7 Å². The monoisotopic (exact) mass is 438 g/mol. The molecule has 6 nitrogen and oxygen atoms in total. The second-order valence-corrected chi connectivity index (χ2v) is 9.07. The molecule has 1 aromatic heterocycles. The summed E-state index contributed by atoms with van der Waals surface area (Å²) in [4.78, 5) is 16.5. The standard InChI is InChI=1S/C20H17F3N2O4S/c1-19(2)14-9-11(29-30(27,28)20(21,22)23)5-7-12(14)17(26)16-13-6-4-10(24-3)8-15(13)25-18(16)19/h4-9,24-25H,1-3H3. The van der Waals surface area contributed by atoms with Crippen LogP contribution in [0.3, 0.4) is 0 Å². The number of anilines is 1. The Balaban J connectivity index is 1.87. The van der Waals surface area contributed by atoms with E-state index in [1.165, 1.54) is 12.1 Å². The van der Waals surface area contributed by atoms with Crippen molar-refractivity contribution in [3.8, 4) is 5.75 Å². The number of carbonyl (C=O) groups is 1. The predicted octanol–water partition coefficient (Wildman–Crippen LogP) is 4.31. The van der Waals surface area contributed by atoms with E-state index in [0.717, 1.165) is 22.7 Å². The van der Waals surface area contributed by atoms with Crippen LogP contribution < -0.4 is 9.50 Å². The maximum absolute atomic E-state index is 13.2. The summed E-state index contributed by atoms with van der Waals surface area (Å²) in [7, 11) is -4.05. The van der Waals surface area contributed by atoms with E-state index < -0.39 is 26.8 Å². The molecule has 2 aromatic carbocycles. The number of aromatic nitrogens is 1. The molecule has 30 heavy (non-hydrogen) atoms. The van der Waals surface area contributed by atoms with Gasteiger partial charge in [0.05, 0.1) is 5.56 Å². The molecule has 0 saturated carbocycles. The normalized spacial score (nSPS) is 15.6. The maximum Gasteiger partial charge on any atom is 0.534 e. The average Bonchev–Trinajstić information content (AvgIpc) is 3.05. The molecule has 0 spiro atoms. The molecule has 4 rings (SSSR count). The number of aromatic amines is 1. The van der Waals surface area contributed by atoms with Gasteiger partial charge in [-0.05, 0) is 35.9 Å². The SMILES string of the molecule is CNc1ccc2c3c([nH]c2c1)C(C)(C)c1cc(OS(=O)(=O)C(F)(F)F)ccc1C3=O. The molecule has 0 aliphatic heterocycles. The number of benzene rings is 2. The highest BCUT2D eigenvalue weighted by Gasteiger charge is 2.49. The number of halogens is 3. The first-order chi connectivity index (χ1) is 13.9. The number of nitrogens with one attached hydrogen (secondary N) is 2. The Hall–Kier alpha value is -3.01. The molecule has 3 aromatic rings. The third-order valence-corrected chi connectivity index (χ3v) is 6.32. The van der Waals surface area contributed by atoms with Crippen molar-refractivity contribution in [3.05, 3.63) is 58.8 Å². The summed E-state index contributed by atoms with van der Waals surface area (Å²) in [5, 5.41) is 3.75. The molecule has 0 amide bonds. The molecule has 1 aliphatic carbocycles. The summed E-state index contributed by atoms with van der Waals surface area (Å²) < 4.78 is 65.0. The summed E-state index contributed by atoms with van der Waals surface area (Å²) in [5.74, 6) is -0.808. The Morgan fingerprint density at radius 3 is 2.43 bits per heavy atom. The Kier molecular flexibility index (Phi) is 4.22. The summed E-state index contributed by atoms with van der Waals surface area (Å²) >= 11 is 0. The summed E-state index contributed by atoms with van der Waals surface area (Å²) in [6, 6.07) is 9.03. The van der Waals surface area contributed by atoms with Crippen LogP contribution in [0.25, 0.3) is 10.9 Å². The summed E-state index contributed by atoms with van der Waals surface area (Å²) in [5.41, 5.74) is -3.06. The van der Waals surface area contributed by atoms with Gasteiger partial charge in [-0.1, -0.05) is 19.9 Å².